The van der Waals surface area contributed by atoms with E-state index < -0.39 is 0 Å². The fourth-order valence-corrected chi connectivity index (χ4v) is 2.77. The summed E-state index contributed by atoms with van der Waals surface area (Å²) in [5.41, 5.74) is 1.47. The van der Waals surface area contributed by atoms with E-state index in [4.69, 9.17) is 4.42 Å². The molecule has 0 aliphatic heterocycles. The second-order valence-electron chi connectivity index (χ2n) is 4.64. The lowest BCUT2D eigenvalue weighted by atomic mass is 9.83. The second kappa shape index (κ2) is 3.70. The normalized spacial score (nSPS) is 32.4. The minimum Gasteiger partial charge on any atom is -0.457 e. The lowest BCUT2D eigenvalue weighted by Crippen LogP contribution is -2.16. The molecule has 78 valence electrons. The Morgan fingerprint density at radius 3 is 3.00 bits per heavy atom. The van der Waals surface area contributed by atoms with E-state index in [1.54, 1.807) is 6.26 Å². The quantitative estimate of drug-likeness (QED) is 0.885. The van der Waals surface area contributed by atoms with Crippen LogP contribution in [0.15, 0.2) is 21.4 Å². The van der Waals surface area contributed by atoms with E-state index in [2.05, 4.69) is 22.9 Å². The Bertz CT molecular complexity index is 321. The van der Waals surface area contributed by atoms with Gasteiger partial charge in [-0.15, -0.1) is 0 Å². The summed E-state index contributed by atoms with van der Waals surface area (Å²) in [6.07, 6.45) is 5.65. The lowest BCUT2D eigenvalue weighted by Gasteiger charge is -2.22. The Morgan fingerprint density at radius 2 is 2.50 bits per heavy atom. The molecule has 0 aromatic carbocycles. The molecule has 2 rings (SSSR count). The van der Waals surface area contributed by atoms with Crippen molar-refractivity contribution in [3.05, 3.63) is 22.6 Å². The molecule has 0 radical (unpaired) electrons. The molecule has 0 spiro atoms. The van der Waals surface area contributed by atoms with Crippen LogP contribution in [-0.2, 0) is 6.42 Å². The van der Waals surface area contributed by atoms with Gasteiger partial charge in [0.25, 0.3) is 0 Å². The van der Waals surface area contributed by atoms with Crippen molar-refractivity contribution in [3.8, 4) is 0 Å². The van der Waals surface area contributed by atoms with E-state index in [0.29, 0.717) is 0 Å². The third-order valence-electron chi connectivity index (χ3n) is 3.06. The maximum absolute atomic E-state index is 9.52. The van der Waals surface area contributed by atoms with Gasteiger partial charge in [0.2, 0.25) is 0 Å². The molecule has 0 bridgehead atoms. The van der Waals surface area contributed by atoms with Crippen molar-refractivity contribution in [2.75, 3.05) is 0 Å². The van der Waals surface area contributed by atoms with Crippen molar-refractivity contribution < 1.29 is 9.52 Å². The third kappa shape index (κ3) is 2.20. The Balaban J connectivity index is 2.03. The van der Waals surface area contributed by atoms with E-state index >= 15 is 0 Å². The van der Waals surface area contributed by atoms with Crippen LogP contribution in [0.5, 0.6) is 0 Å². The van der Waals surface area contributed by atoms with Crippen molar-refractivity contribution in [1.82, 2.24) is 0 Å². The van der Waals surface area contributed by atoms with Gasteiger partial charge in [0.05, 0.1) is 12.4 Å². The summed E-state index contributed by atoms with van der Waals surface area (Å²) in [6.45, 7) is 2.24. The molecule has 1 N–H and O–H groups in total. The average Bonchev–Trinajstić information content (AvgIpc) is 2.60. The van der Waals surface area contributed by atoms with E-state index in [0.717, 1.165) is 30.4 Å². The smallest absolute Gasteiger partial charge is 0.169 e. The number of hydrogen-bond donors (Lipinski definition) is 1. The van der Waals surface area contributed by atoms with Gasteiger partial charge in [-0.1, -0.05) is 6.92 Å². The summed E-state index contributed by atoms with van der Waals surface area (Å²) >= 11 is 3.29. The topological polar surface area (TPSA) is 33.4 Å². The van der Waals surface area contributed by atoms with Crippen LogP contribution in [0.25, 0.3) is 0 Å². The molecule has 1 aromatic rings. The van der Waals surface area contributed by atoms with Crippen molar-refractivity contribution >= 4 is 15.9 Å². The number of hydrogen-bond acceptors (Lipinski definition) is 2. The van der Waals surface area contributed by atoms with Crippen LogP contribution in [0.2, 0.25) is 0 Å². The number of rotatable bonds is 2. The molecular weight excluding hydrogens is 244 g/mol. The van der Waals surface area contributed by atoms with Gasteiger partial charge in [-0.3, -0.25) is 0 Å². The van der Waals surface area contributed by atoms with Gasteiger partial charge >= 0.3 is 0 Å². The first-order chi connectivity index (χ1) is 6.57. The highest BCUT2D eigenvalue weighted by molar-refractivity contribution is 9.10. The van der Waals surface area contributed by atoms with Crippen molar-refractivity contribution in [2.24, 2.45) is 5.41 Å². The highest BCUT2D eigenvalue weighted by Gasteiger charge is 2.34. The van der Waals surface area contributed by atoms with Gasteiger partial charge in [-0.25, -0.2) is 0 Å². The van der Waals surface area contributed by atoms with Gasteiger partial charge in [0, 0.05) is 0 Å². The molecule has 1 aliphatic carbocycles. The molecule has 1 aliphatic rings. The largest absolute Gasteiger partial charge is 0.457 e. The number of aliphatic hydroxyl groups excluding tert-OH is 1. The standard InChI is InChI=1S/C11H15BrO2/c1-11(3-2-9(13)6-11)5-8-4-10(12)14-7-8/h4,7,9,13H,2-3,5-6H2,1H3. The SMILES string of the molecule is CC1(Cc2coc(Br)c2)CCC(O)C1. The van der Waals surface area contributed by atoms with Crippen LogP contribution in [0, 0.1) is 5.41 Å². The Kier molecular flexibility index (Phi) is 2.71. The Morgan fingerprint density at radius 1 is 1.71 bits per heavy atom. The molecule has 3 heteroatoms. The molecule has 1 fully saturated rings. The number of furan rings is 1. The highest BCUT2D eigenvalue weighted by atomic mass is 79.9. The summed E-state index contributed by atoms with van der Waals surface area (Å²) in [6, 6.07) is 2.01. The number of aliphatic hydroxyl groups is 1. The minimum absolute atomic E-state index is 0.102. The highest BCUT2D eigenvalue weighted by Crippen LogP contribution is 2.40. The maximum Gasteiger partial charge on any atom is 0.169 e. The maximum atomic E-state index is 9.52. The first-order valence-electron chi connectivity index (χ1n) is 4.98. The predicted molar refractivity (Wildman–Crippen MR) is 58.1 cm³/mol. The van der Waals surface area contributed by atoms with Gasteiger partial charge in [0.1, 0.15) is 0 Å². The van der Waals surface area contributed by atoms with Crippen molar-refractivity contribution in [1.29, 1.82) is 0 Å². The zero-order valence-electron chi connectivity index (χ0n) is 8.29. The van der Waals surface area contributed by atoms with Gasteiger partial charge < -0.3 is 9.52 Å². The van der Waals surface area contributed by atoms with Crippen molar-refractivity contribution in [3.63, 3.8) is 0 Å². The van der Waals surface area contributed by atoms with Crippen LogP contribution in [0.4, 0.5) is 0 Å². The van der Waals surface area contributed by atoms with Crippen molar-refractivity contribution in [2.45, 2.75) is 38.7 Å². The second-order valence-corrected chi connectivity index (χ2v) is 5.42. The minimum atomic E-state index is -0.102. The first-order valence-corrected chi connectivity index (χ1v) is 5.78. The van der Waals surface area contributed by atoms with Gasteiger partial charge in [0.15, 0.2) is 4.67 Å². The Hall–Kier alpha value is -0.280. The fraction of sp³-hybridized carbons (Fsp3) is 0.636. The molecule has 2 atom stereocenters. The van der Waals surface area contributed by atoms with Crippen LogP contribution >= 0.6 is 15.9 Å². The zero-order chi connectivity index (χ0) is 10.2. The van der Waals surface area contributed by atoms with E-state index in [-0.39, 0.29) is 11.5 Å². The van der Waals surface area contributed by atoms with Gasteiger partial charge in [-0.2, -0.15) is 0 Å². The summed E-state index contributed by atoms with van der Waals surface area (Å²) in [7, 11) is 0. The molecule has 2 nitrogen and oxygen atoms in total. The van der Waals surface area contributed by atoms with Crippen LogP contribution in [-0.4, -0.2) is 11.2 Å². The molecule has 1 heterocycles. The summed E-state index contributed by atoms with van der Waals surface area (Å²) in [5, 5.41) is 9.52. The Labute approximate surface area is 92.4 Å². The zero-order valence-corrected chi connectivity index (χ0v) is 9.88. The van der Waals surface area contributed by atoms with Gasteiger partial charge in [-0.05, 0) is 58.7 Å². The average molecular weight is 259 g/mol. The first kappa shape index (κ1) is 10.2. The van der Waals surface area contributed by atoms with Crippen LogP contribution in [0.3, 0.4) is 0 Å². The molecule has 2 unspecified atom stereocenters. The summed E-state index contributed by atoms with van der Waals surface area (Å²) in [4.78, 5) is 0. The van der Waals surface area contributed by atoms with Crippen LogP contribution in [0.1, 0.15) is 31.7 Å². The fourth-order valence-electron chi connectivity index (χ4n) is 2.38. The lowest BCUT2D eigenvalue weighted by molar-refractivity contribution is 0.163. The molecule has 1 aromatic heterocycles. The molecule has 14 heavy (non-hydrogen) atoms. The summed E-state index contributed by atoms with van der Waals surface area (Å²) in [5.74, 6) is 0. The molecular formula is C11H15BrO2. The van der Waals surface area contributed by atoms with E-state index in [1.165, 1.54) is 5.56 Å². The molecule has 1 saturated carbocycles. The van der Waals surface area contributed by atoms with Crippen LogP contribution < -0.4 is 0 Å². The third-order valence-corrected chi connectivity index (χ3v) is 3.48. The van der Waals surface area contributed by atoms with E-state index in [1.807, 2.05) is 6.07 Å². The molecule has 0 saturated heterocycles. The predicted octanol–water partition coefficient (Wildman–Crippen LogP) is 3.14. The summed E-state index contributed by atoms with van der Waals surface area (Å²) < 4.78 is 5.99. The monoisotopic (exact) mass is 258 g/mol. The van der Waals surface area contributed by atoms with E-state index in [9.17, 15) is 5.11 Å². The number of halogens is 1. The molecule has 0 amide bonds.